The Morgan fingerprint density at radius 3 is 2.97 bits per heavy atom. The van der Waals surface area contributed by atoms with E-state index in [0.717, 1.165) is 25.5 Å². The summed E-state index contributed by atoms with van der Waals surface area (Å²) in [4.78, 5) is 19.9. The van der Waals surface area contributed by atoms with Gasteiger partial charge in [0.25, 0.3) is 0 Å². The van der Waals surface area contributed by atoms with Gasteiger partial charge in [-0.15, -0.1) is 0 Å². The van der Waals surface area contributed by atoms with Crippen LogP contribution in [0.3, 0.4) is 0 Å². The minimum Gasteiger partial charge on any atom is -0.488 e. The van der Waals surface area contributed by atoms with Crippen LogP contribution >= 0.6 is 0 Å². The summed E-state index contributed by atoms with van der Waals surface area (Å²) in [7, 11) is 0. The number of nitrogens with zero attached hydrogens (tertiary/aromatic N) is 7. The Labute approximate surface area is 203 Å². The van der Waals surface area contributed by atoms with Crippen LogP contribution in [-0.2, 0) is 0 Å². The van der Waals surface area contributed by atoms with Crippen LogP contribution in [0, 0.1) is 5.82 Å². The first-order valence-electron chi connectivity index (χ1n) is 11.5. The number of hydrogen-bond acceptors (Lipinski definition) is 10. The van der Waals surface area contributed by atoms with Crippen LogP contribution in [0.2, 0.25) is 0 Å². The van der Waals surface area contributed by atoms with Crippen molar-refractivity contribution in [3.63, 3.8) is 0 Å². The van der Waals surface area contributed by atoms with Gasteiger partial charge >= 0.3 is 0 Å². The summed E-state index contributed by atoms with van der Waals surface area (Å²) < 4.78 is 28.5. The number of halogens is 1. The Hall–Kier alpha value is -4.58. The highest BCUT2D eigenvalue weighted by Crippen LogP contribution is 2.35. The lowest BCUT2D eigenvalue weighted by Crippen LogP contribution is -2.51. The molecule has 2 N–H and O–H groups in total. The molecule has 5 aromatic rings. The highest BCUT2D eigenvalue weighted by atomic mass is 19.1. The predicted molar refractivity (Wildman–Crippen MR) is 130 cm³/mol. The van der Waals surface area contributed by atoms with E-state index in [1.54, 1.807) is 35.0 Å². The van der Waals surface area contributed by atoms with Crippen molar-refractivity contribution in [3.05, 3.63) is 61.1 Å². The first kappa shape index (κ1) is 20.8. The second kappa shape index (κ2) is 8.27. The quantitative estimate of drug-likeness (QED) is 0.394. The molecule has 2 aliphatic heterocycles. The Balaban J connectivity index is 1.18. The van der Waals surface area contributed by atoms with Crippen molar-refractivity contribution in [2.75, 3.05) is 36.5 Å². The van der Waals surface area contributed by atoms with E-state index in [0.29, 0.717) is 46.4 Å². The highest BCUT2D eigenvalue weighted by Gasteiger charge is 2.28. The molecule has 1 fully saturated rings. The van der Waals surface area contributed by atoms with Crippen LogP contribution in [0.5, 0.6) is 17.2 Å². The molecule has 4 aromatic heterocycles. The Morgan fingerprint density at radius 2 is 2.03 bits per heavy atom. The standard InChI is InChI=1S/C24H20FN9O2/c25-17-7-15(36-16-3-5-34-21(8-16)28-13-30-34)1-2-18(17)31-23-22-19(27-12-29-23)9-20-24(32-22)33-6-4-26-14(10-33)11-35-20/h1-3,5,7-9,12-14,26H,4,6,10-11H2,(H,27,29,31). The average Bonchev–Trinajstić information content (AvgIpc) is 3.32. The lowest BCUT2D eigenvalue weighted by molar-refractivity contribution is 0.271. The molecule has 0 spiro atoms. The van der Waals surface area contributed by atoms with Gasteiger partial charge in [-0.3, -0.25) is 0 Å². The van der Waals surface area contributed by atoms with Crippen molar-refractivity contribution in [2.45, 2.75) is 6.04 Å². The first-order chi connectivity index (χ1) is 17.7. The molecule has 0 saturated carbocycles. The summed E-state index contributed by atoms with van der Waals surface area (Å²) in [5.41, 5.74) is 2.03. The fraction of sp³-hybridized carbons (Fsp3) is 0.208. The largest absolute Gasteiger partial charge is 0.488 e. The van der Waals surface area contributed by atoms with Gasteiger partial charge in [-0.1, -0.05) is 0 Å². The van der Waals surface area contributed by atoms with Crippen LogP contribution in [0.15, 0.2) is 55.2 Å². The molecule has 11 nitrogen and oxygen atoms in total. The minimum absolute atomic E-state index is 0.241. The van der Waals surface area contributed by atoms with E-state index in [1.165, 1.54) is 18.7 Å². The maximum Gasteiger partial charge on any atom is 0.172 e. The van der Waals surface area contributed by atoms with Gasteiger partial charge in [0.2, 0.25) is 0 Å². The Kier molecular flexibility index (Phi) is 4.77. The summed E-state index contributed by atoms with van der Waals surface area (Å²) in [6.45, 7) is 3.05. The molecule has 12 heteroatoms. The van der Waals surface area contributed by atoms with Crippen LogP contribution in [0.4, 0.5) is 21.7 Å². The lowest BCUT2D eigenvalue weighted by atomic mass is 10.2. The molecule has 1 saturated heterocycles. The summed E-state index contributed by atoms with van der Waals surface area (Å²) in [5.74, 6) is 2.23. The Bertz CT molecular complexity index is 1610. The van der Waals surface area contributed by atoms with E-state index in [1.807, 2.05) is 6.07 Å². The van der Waals surface area contributed by atoms with Gasteiger partial charge in [0.15, 0.2) is 23.0 Å². The summed E-state index contributed by atoms with van der Waals surface area (Å²) in [6, 6.07) is 10.2. The number of aromatic nitrogens is 6. The van der Waals surface area contributed by atoms with E-state index < -0.39 is 5.82 Å². The smallest absolute Gasteiger partial charge is 0.172 e. The molecule has 0 aliphatic carbocycles. The van der Waals surface area contributed by atoms with E-state index >= 15 is 4.39 Å². The number of piperazine rings is 1. The normalized spacial score (nSPS) is 16.9. The summed E-state index contributed by atoms with van der Waals surface area (Å²) in [5, 5.41) is 10.6. The number of rotatable bonds is 4. The number of nitrogens with one attached hydrogen (secondary N) is 2. The van der Waals surface area contributed by atoms with Crippen LogP contribution in [-0.4, -0.2) is 61.8 Å². The number of benzene rings is 1. The van der Waals surface area contributed by atoms with Gasteiger partial charge in [-0.25, -0.2) is 28.8 Å². The van der Waals surface area contributed by atoms with Gasteiger partial charge in [0, 0.05) is 44.0 Å². The van der Waals surface area contributed by atoms with Gasteiger partial charge in [0.1, 0.15) is 42.1 Å². The van der Waals surface area contributed by atoms with E-state index in [4.69, 9.17) is 14.5 Å². The zero-order valence-corrected chi connectivity index (χ0v) is 18.9. The van der Waals surface area contributed by atoms with Crippen LogP contribution in [0.1, 0.15) is 0 Å². The maximum absolute atomic E-state index is 15.1. The average molecular weight is 485 g/mol. The molecule has 1 atom stereocenters. The van der Waals surface area contributed by atoms with Crippen molar-refractivity contribution >= 4 is 34.0 Å². The van der Waals surface area contributed by atoms with Gasteiger partial charge < -0.3 is 25.0 Å². The zero-order valence-electron chi connectivity index (χ0n) is 18.9. The topological polar surface area (TPSA) is 115 Å². The molecule has 1 aromatic carbocycles. The molecule has 0 radical (unpaired) electrons. The van der Waals surface area contributed by atoms with Gasteiger partial charge in [-0.05, 0) is 18.2 Å². The summed E-state index contributed by atoms with van der Waals surface area (Å²) in [6.07, 6.45) is 4.60. The van der Waals surface area contributed by atoms with E-state index in [9.17, 15) is 0 Å². The van der Waals surface area contributed by atoms with Gasteiger partial charge in [0.05, 0.1) is 17.2 Å². The highest BCUT2D eigenvalue weighted by molar-refractivity contribution is 5.90. The number of fused-ring (bicyclic) bond motifs is 6. The molecule has 0 amide bonds. The number of hydrogen-bond donors (Lipinski definition) is 2. The third kappa shape index (κ3) is 3.67. The van der Waals surface area contributed by atoms with E-state index in [2.05, 4.69) is 35.6 Å². The molecular formula is C24H20FN9O2. The van der Waals surface area contributed by atoms with Crippen LogP contribution in [0.25, 0.3) is 16.7 Å². The molecule has 1 unspecified atom stereocenters. The molecule has 2 bridgehead atoms. The van der Waals surface area contributed by atoms with Crippen molar-refractivity contribution in [2.24, 2.45) is 0 Å². The second-order valence-corrected chi connectivity index (χ2v) is 8.60. The summed E-state index contributed by atoms with van der Waals surface area (Å²) >= 11 is 0. The fourth-order valence-electron chi connectivity index (χ4n) is 4.49. The molecule has 7 rings (SSSR count). The number of anilines is 3. The molecule has 6 heterocycles. The molecule has 180 valence electrons. The van der Waals surface area contributed by atoms with Crippen molar-refractivity contribution in [3.8, 4) is 17.2 Å². The number of pyridine rings is 2. The third-order valence-electron chi connectivity index (χ3n) is 6.23. The first-order valence-corrected chi connectivity index (χ1v) is 11.5. The van der Waals surface area contributed by atoms with E-state index in [-0.39, 0.29) is 11.7 Å². The predicted octanol–water partition coefficient (Wildman–Crippen LogP) is 2.91. The lowest BCUT2D eigenvalue weighted by Gasteiger charge is -2.31. The Morgan fingerprint density at radius 1 is 1.08 bits per heavy atom. The fourth-order valence-corrected chi connectivity index (χ4v) is 4.49. The zero-order chi connectivity index (χ0) is 24.1. The van der Waals surface area contributed by atoms with Crippen molar-refractivity contribution in [1.29, 1.82) is 0 Å². The van der Waals surface area contributed by atoms with Crippen LogP contribution < -0.4 is 25.0 Å². The SMILES string of the molecule is Fc1cc(Oc2ccn3ncnc3c2)ccc1Nc1ncnc2cc3c(nc12)N1CCNC(CO3)C1. The minimum atomic E-state index is -0.495. The maximum atomic E-state index is 15.1. The number of ether oxygens (including phenoxy) is 2. The van der Waals surface area contributed by atoms with Gasteiger partial charge in [-0.2, -0.15) is 5.10 Å². The molecule has 2 aliphatic rings. The molecule has 36 heavy (non-hydrogen) atoms. The van der Waals surface area contributed by atoms with Crippen molar-refractivity contribution < 1.29 is 13.9 Å². The second-order valence-electron chi connectivity index (χ2n) is 8.60. The monoisotopic (exact) mass is 485 g/mol. The third-order valence-corrected chi connectivity index (χ3v) is 6.23. The molecular weight excluding hydrogens is 465 g/mol. The van der Waals surface area contributed by atoms with Crippen molar-refractivity contribution in [1.82, 2.24) is 34.9 Å².